The Balaban J connectivity index is 1.63. The molecule has 2 fully saturated rings. The molecule has 6 nitrogen and oxygen atoms in total. The maximum atomic E-state index is 12.4. The minimum atomic E-state index is -0.491. The van der Waals surface area contributed by atoms with Crippen molar-refractivity contribution in [1.29, 1.82) is 0 Å². The van der Waals surface area contributed by atoms with Gasteiger partial charge in [0.1, 0.15) is 5.69 Å². The molecule has 3 heterocycles. The molecule has 0 bridgehead atoms. The Labute approximate surface area is 124 Å². The fraction of sp³-hybridized carbons (Fsp3) is 0.667. The van der Waals surface area contributed by atoms with Gasteiger partial charge in [-0.15, -0.1) is 0 Å². The second-order valence-electron chi connectivity index (χ2n) is 5.83. The number of hydrogen-bond donors (Lipinski definition) is 2. The summed E-state index contributed by atoms with van der Waals surface area (Å²) >= 11 is 0. The van der Waals surface area contributed by atoms with Crippen molar-refractivity contribution in [1.82, 2.24) is 14.8 Å². The van der Waals surface area contributed by atoms with E-state index in [0.29, 0.717) is 31.4 Å². The molecule has 3 rings (SSSR count). The number of β-amino-alcohol motifs (C(OH)–C–C–N with tert-alkyl or cyclic N) is 1. The van der Waals surface area contributed by atoms with Crippen molar-refractivity contribution in [2.45, 2.75) is 25.0 Å². The second-order valence-corrected chi connectivity index (χ2v) is 5.83. The SMILES string of the molecule is O=C(c1ccc[nH]1)N1CCN(C2CCOCC2)CC(O)C1. The number of ether oxygens (including phenoxy) is 1. The number of carbonyl (C=O) groups is 1. The predicted molar refractivity (Wildman–Crippen MR) is 78.1 cm³/mol. The third-order valence-corrected chi connectivity index (χ3v) is 4.36. The number of amides is 1. The van der Waals surface area contributed by atoms with Gasteiger partial charge in [0, 0.05) is 51.6 Å². The van der Waals surface area contributed by atoms with Gasteiger partial charge in [-0.3, -0.25) is 9.69 Å². The standard InChI is InChI=1S/C15H23N3O3/c19-13-10-17(12-3-8-21-9-4-12)6-7-18(11-13)15(20)14-2-1-5-16-14/h1-2,5,12-13,16,19H,3-4,6-11H2. The number of H-pyrrole nitrogens is 1. The van der Waals surface area contributed by atoms with Crippen molar-refractivity contribution in [3.05, 3.63) is 24.0 Å². The van der Waals surface area contributed by atoms with Crippen LogP contribution in [-0.4, -0.2) is 77.3 Å². The Morgan fingerprint density at radius 2 is 2.10 bits per heavy atom. The molecule has 0 aliphatic carbocycles. The molecule has 0 radical (unpaired) electrons. The highest BCUT2D eigenvalue weighted by Crippen LogP contribution is 2.17. The van der Waals surface area contributed by atoms with E-state index in [9.17, 15) is 9.90 Å². The van der Waals surface area contributed by atoms with Crippen LogP contribution in [0.15, 0.2) is 18.3 Å². The summed E-state index contributed by atoms with van der Waals surface area (Å²) in [6.45, 7) is 4.10. The Bertz CT molecular complexity index is 457. The fourth-order valence-electron chi connectivity index (χ4n) is 3.21. The monoisotopic (exact) mass is 293 g/mol. The summed E-state index contributed by atoms with van der Waals surface area (Å²) in [6.07, 6.45) is 3.28. The lowest BCUT2D eigenvalue weighted by molar-refractivity contribution is 0.0217. The molecular weight excluding hydrogens is 270 g/mol. The number of aromatic amines is 1. The van der Waals surface area contributed by atoms with E-state index in [1.807, 2.05) is 6.07 Å². The smallest absolute Gasteiger partial charge is 0.270 e. The minimum Gasteiger partial charge on any atom is -0.390 e. The average Bonchev–Trinajstić information content (AvgIpc) is 2.97. The molecule has 116 valence electrons. The lowest BCUT2D eigenvalue weighted by atomic mass is 10.1. The molecule has 6 heteroatoms. The van der Waals surface area contributed by atoms with Crippen LogP contribution in [0.1, 0.15) is 23.3 Å². The van der Waals surface area contributed by atoms with Crippen molar-refractivity contribution >= 4 is 5.91 Å². The average molecular weight is 293 g/mol. The summed E-state index contributed by atoms with van der Waals surface area (Å²) in [7, 11) is 0. The van der Waals surface area contributed by atoms with E-state index in [4.69, 9.17) is 4.74 Å². The van der Waals surface area contributed by atoms with Gasteiger partial charge >= 0.3 is 0 Å². The Kier molecular flexibility index (Phi) is 4.57. The zero-order valence-electron chi connectivity index (χ0n) is 12.2. The first-order valence-corrected chi connectivity index (χ1v) is 7.66. The highest BCUT2D eigenvalue weighted by Gasteiger charge is 2.29. The Hall–Kier alpha value is -1.37. The molecule has 2 aliphatic rings. The third kappa shape index (κ3) is 3.45. The van der Waals surface area contributed by atoms with Crippen molar-refractivity contribution < 1.29 is 14.6 Å². The lowest BCUT2D eigenvalue weighted by Crippen LogP contribution is -2.43. The van der Waals surface area contributed by atoms with Gasteiger partial charge < -0.3 is 19.7 Å². The van der Waals surface area contributed by atoms with E-state index in [1.165, 1.54) is 0 Å². The number of aliphatic hydroxyl groups excluding tert-OH is 1. The number of nitrogens with one attached hydrogen (secondary N) is 1. The Morgan fingerprint density at radius 1 is 1.29 bits per heavy atom. The minimum absolute atomic E-state index is 0.0344. The molecule has 1 aromatic heterocycles. The number of rotatable bonds is 2. The molecule has 1 unspecified atom stereocenters. The summed E-state index contributed by atoms with van der Waals surface area (Å²) in [4.78, 5) is 19.4. The zero-order valence-corrected chi connectivity index (χ0v) is 12.2. The van der Waals surface area contributed by atoms with Gasteiger partial charge in [0.15, 0.2) is 0 Å². The largest absolute Gasteiger partial charge is 0.390 e. The van der Waals surface area contributed by atoms with E-state index >= 15 is 0 Å². The van der Waals surface area contributed by atoms with E-state index in [0.717, 1.165) is 32.6 Å². The van der Waals surface area contributed by atoms with Crippen LogP contribution in [0.5, 0.6) is 0 Å². The number of aromatic nitrogens is 1. The van der Waals surface area contributed by atoms with Crippen molar-refractivity contribution in [2.75, 3.05) is 39.4 Å². The van der Waals surface area contributed by atoms with Crippen LogP contribution in [0.2, 0.25) is 0 Å². The maximum absolute atomic E-state index is 12.4. The van der Waals surface area contributed by atoms with Gasteiger partial charge in [0.05, 0.1) is 6.10 Å². The van der Waals surface area contributed by atoms with Crippen LogP contribution in [0, 0.1) is 0 Å². The molecule has 21 heavy (non-hydrogen) atoms. The molecule has 0 spiro atoms. The quantitative estimate of drug-likeness (QED) is 0.823. The molecule has 1 atom stereocenters. The van der Waals surface area contributed by atoms with E-state index in [-0.39, 0.29) is 5.91 Å². The van der Waals surface area contributed by atoms with Gasteiger partial charge in [-0.1, -0.05) is 0 Å². The Morgan fingerprint density at radius 3 is 2.81 bits per heavy atom. The molecule has 0 saturated carbocycles. The number of nitrogens with zero attached hydrogens (tertiary/aromatic N) is 2. The van der Waals surface area contributed by atoms with Crippen molar-refractivity contribution in [3.63, 3.8) is 0 Å². The van der Waals surface area contributed by atoms with Crippen molar-refractivity contribution in [2.24, 2.45) is 0 Å². The van der Waals surface area contributed by atoms with Gasteiger partial charge in [-0.25, -0.2) is 0 Å². The zero-order chi connectivity index (χ0) is 14.7. The van der Waals surface area contributed by atoms with Gasteiger partial charge in [0.2, 0.25) is 0 Å². The van der Waals surface area contributed by atoms with Crippen LogP contribution in [0.25, 0.3) is 0 Å². The number of hydrogen-bond acceptors (Lipinski definition) is 4. The highest BCUT2D eigenvalue weighted by atomic mass is 16.5. The van der Waals surface area contributed by atoms with Crippen LogP contribution >= 0.6 is 0 Å². The van der Waals surface area contributed by atoms with E-state index in [2.05, 4.69) is 9.88 Å². The van der Waals surface area contributed by atoms with Gasteiger partial charge in [-0.2, -0.15) is 0 Å². The summed E-state index contributed by atoms with van der Waals surface area (Å²) in [5.41, 5.74) is 0.585. The number of carbonyl (C=O) groups excluding carboxylic acids is 1. The van der Waals surface area contributed by atoms with Gasteiger partial charge in [-0.05, 0) is 25.0 Å². The molecule has 2 saturated heterocycles. The van der Waals surface area contributed by atoms with Crippen molar-refractivity contribution in [3.8, 4) is 0 Å². The normalized spacial score (nSPS) is 25.8. The molecule has 2 N–H and O–H groups in total. The molecular formula is C15H23N3O3. The van der Waals surface area contributed by atoms with Crippen LogP contribution in [0.3, 0.4) is 0 Å². The molecule has 2 aliphatic heterocycles. The molecule has 0 aromatic carbocycles. The van der Waals surface area contributed by atoms with E-state index in [1.54, 1.807) is 17.2 Å². The number of aliphatic hydroxyl groups is 1. The lowest BCUT2D eigenvalue weighted by Gasteiger charge is -2.33. The first-order chi connectivity index (χ1) is 10.2. The summed E-state index contributed by atoms with van der Waals surface area (Å²) < 4.78 is 5.40. The second kappa shape index (κ2) is 6.60. The first kappa shape index (κ1) is 14.6. The maximum Gasteiger partial charge on any atom is 0.270 e. The van der Waals surface area contributed by atoms with Gasteiger partial charge in [0.25, 0.3) is 5.91 Å². The summed E-state index contributed by atoms with van der Waals surface area (Å²) in [5.74, 6) is -0.0344. The van der Waals surface area contributed by atoms with E-state index < -0.39 is 6.10 Å². The predicted octanol–water partition coefficient (Wildman–Crippen LogP) is 0.312. The summed E-state index contributed by atoms with van der Waals surface area (Å²) in [6, 6.07) is 4.06. The fourth-order valence-corrected chi connectivity index (χ4v) is 3.21. The van der Waals surface area contributed by atoms with Crippen LogP contribution in [0.4, 0.5) is 0 Å². The third-order valence-electron chi connectivity index (χ3n) is 4.36. The first-order valence-electron chi connectivity index (χ1n) is 7.66. The highest BCUT2D eigenvalue weighted by molar-refractivity contribution is 5.92. The van der Waals surface area contributed by atoms with Crippen LogP contribution < -0.4 is 0 Å². The van der Waals surface area contributed by atoms with Crippen LogP contribution in [-0.2, 0) is 4.74 Å². The molecule has 1 amide bonds. The topological polar surface area (TPSA) is 68.8 Å². The summed E-state index contributed by atoms with van der Waals surface area (Å²) in [5, 5.41) is 10.2. The molecule has 1 aromatic rings.